The minimum Gasteiger partial charge on any atom is -0.356 e. The summed E-state index contributed by atoms with van der Waals surface area (Å²) in [6, 6.07) is 14.5. The summed E-state index contributed by atoms with van der Waals surface area (Å²) in [5.41, 5.74) is 0.929. The lowest BCUT2D eigenvalue weighted by atomic mass is 10.2. The molecule has 7 nitrogen and oxygen atoms in total. The van der Waals surface area contributed by atoms with Crippen molar-refractivity contribution >= 4 is 44.3 Å². The zero-order valence-electron chi connectivity index (χ0n) is 18.5. The molecule has 0 atom stereocenters. The Balaban J connectivity index is 1.39. The number of rotatable bonds is 4. The average molecular weight is 486 g/mol. The van der Waals surface area contributed by atoms with Crippen molar-refractivity contribution in [2.75, 3.05) is 49.1 Å². The van der Waals surface area contributed by atoms with Gasteiger partial charge in [-0.05, 0) is 49.2 Å². The number of fused-ring (bicyclic) bond motifs is 1. The fourth-order valence-corrected chi connectivity index (χ4v) is 6.15. The molecule has 2 fully saturated rings. The van der Waals surface area contributed by atoms with E-state index >= 15 is 0 Å². The third-order valence-electron chi connectivity index (χ3n) is 6.45. The maximum Gasteiger partial charge on any atom is 0.243 e. The maximum absolute atomic E-state index is 13.0. The van der Waals surface area contributed by atoms with Crippen molar-refractivity contribution in [1.29, 1.82) is 0 Å². The SMILES string of the molecule is O=S(=O)(c1ccc(Cl)cc1)N1CCN(c2nc(N3CCCCCC3)c3ccccc3n2)CC1. The Bertz CT molecular complexity index is 1220. The summed E-state index contributed by atoms with van der Waals surface area (Å²) >= 11 is 5.92. The molecule has 0 aliphatic carbocycles. The van der Waals surface area contributed by atoms with Gasteiger partial charge in [0.05, 0.1) is 10.4 Å². The summed E-state index contributed by atoms with van der Waals surface area (Å²) < 4.78 is 27.6. The van der Waals surface area contributed by atoms with E-state index in [0.717, 1.165) is 29.8 Å². The highest BCUT2D eigenvalue weighted by Gasteiger charge is 2.30. The third-order valence-corrected chi connectivity index (χ3v) is 8.61. The van der Waals surface area contributed by atoms with E-state index in [-0.39, 0.29) is 4.90 Å². The number of piperazine rings is 1. The van der Waals surface area contributed by atoms with Crippen molar-refractivity contribution in [2.24, 2.45) is 0 Å². The first-order chi connectivity index (χ1) is 16.0. The number of sulfonamides is 1. The predicted octanol–water partition coefficient (Wildman–Crippen LogP) is 4.17. The van der Waals surface area contributed by atoms with Crippen LogP contribution in [0.3, 0.4) is 0 Å². The van der Waals surface area contributed by atoms with E-state index in [0.29, 0.717) is 37.1 Å². The molecule has 5 rings (SSSR count). The molecule has 9 heteroatoms. The van der Waals surface area contributed by atoms with Gasteiger partial charge in [-0.2, -0.15) is 9.29 Å². The summed E-state index contributed by atoms with van der Waals surface area (Å²) in [4.78, 5) is 14.6. The fourth-order valence-electron chi connectivity index (χ4n) is 4.60. The van der Waals surface area contributed by atoms with Crippen LogP contribution in [0.4, 0.5) is 11.8 Å². The summed E-state index contributed by atoms with van der Waals surface area (Å²) in [7, 11) is -3.55. The Morgan fingerprint density at radius 3 is 2.09 bits per heavy atom. The average Bonchev–Trinajstić information content (AvgIpc) is 3.13. The van der Waals surface area contributed by atoms with Crippen LogP contribution in [0.1, 0.15) is 25.7 Å². The van der Waals surface area contributed by atoms with Crippen LogP contribution >= 0.6 is 11.6 Å². The van der Waals surface area contributed by atoms with Gasteiger partial charge in [0, 0.05) is 49.7 Å². The van der Waals surface area contributed by atoms with Crippen LogP contribution in [0.15, 0.2) is 53.4 Å². The van der Waals surface area contributed by atoms with Gasteiger partial charge in [-0.1, -0.05) is 36.6 Å². The first kappa shape index (κ1) is 22.4. The van der Waals surface area contributed by atoms with Crippen molar-refractivity contribution in [2.45, 2.75) is 30.6 Å². The highest BCUT2D eigenvalue weighted by molar-refractivity contribution is 7.89. The number of benzene rings is 2. The summed E-state index contributed by atoms with van der Waals surface area (Å²) in [5, 5.41) is 1.60. The van der Waals surface area contributed by atoms with Gasteiger partial charge in [0.1, 0.15) is 5.82 Å². The van der Waals surface area contributed by atoms with Crippen LogP contribution in [0.2, 0.25) is 5.02 Å². The molecule has 0 amide bonds. The first-order valence-corrected chi connectivity index (χ1v) is 13.4. The molecule has 0 N–H and O–H groups in total. The van der Waals surface area contributed by atoms with Gasteiger partial charge in [0.25, 0.3) is 0 Å². The number of aromatic nitrogens is 2. The Kier molecular flexibility index (Phi) is 6.40. The molecular weight excluding hydrogens is 458 g/mol. The number of hydrogen-bond donors (Lipinski definition) is 0. The van der Waals surface area contributed by atoms with E-state index in [4.69, 9.17) is 21.6 Å². The minimum atomic E-state index is -3.55. The normalized spacial score (nSPS) is 18.5. The largest absolute Gasteiger partial charge is 0.356 e. The number of para-hydroxylation sites is 1. The molecule has 3 heterocycles. The van der Waals surface area contributed by atoms with Gasteiger partial charge < -0.3 is 9.80 Å². The van der Waals surface area contributed by atoms with E-state index in [2.05, 4.69) is 15.9 Å². The molecule has 0 saturated carbocycles. The molecular formula is C24H28ClN5O2S. The molecule has 0 bridgehead atoms. The highest BCUT2D eigenvalue weighted by atomic mass is 35.5. The van der Waals surface area contributed by atoms with Gasteiger partial charge in [-0.25, -0.2) is 13.4 Å². The third kappa shape index (κ3) is 4.65. The van der Waals surface area contributed by atoms with Gasteiger partial charge >= 0.3 is 0 Å². The smallest absolute Gasteiger partial charge is 0.243 e. The Morgan fingerprint density at radius 1 is 0.727 bits per heavy atom. The van der Waals surface area contributed by atoms with Crippen molar-refractivity contribution in [1.82, 2.24) is 14.3 Å². The quantitative estimate of drug-likeness (QED) is 0.552. The van der Waals surface area contributed by atoms with Crippen LogP contribution in [0, 0.1) is 0 Å². The summed E-state index contributed by atoms with van der Waals surface area (Å²) in [6.45, 7) is 3.89. The zero-order chi connectivity index (χ0) is 22.8. The van der Waals surface area contributed by atoms with Crippen LogP contribution in [0.5, 0.6) is 0 Å². The van der Waals surface area contributed by atoms with Crippen molar-refractivity contribution in [3.8, 4) is 0 Å². The lowest BCUT2D eigenvalue weighted by Gasteiger charge is -2.34. The van der Waals surface area contributed by atoms with E-state index in [9.17, 15) is 8.42 Å². The van der Waals surface area contributed by atoms with Crippen LogP contribution in [-0.4, -0.2) is 62.0 Å². The summed E-state index contributed by atoms with van der Waals surface area (Å²) in [6.07, 6.45) is 4.87. The molecule has 0 unspecified atom stereocenters. The molecule has 0 radical (unpaired) electrons. The van der Waals surface area contributed by atoms with Crippen molar-refractivity contribution in [3.63, 3.8) is 0 Å². The molecule has 1 aromatic heterocycles. The van der Waals surface area contributed by atoms with E-state index in [1.807, 2.05) is 18.2 Å². The lowest BCUT2D eigenvalue weighted by Crippen LogP contribution is -2.49. The van der Waals surface area contributed by atoms with Gasteiger partial charge in [-0.3, -0.25) is 0 Å². The zero-order valence-corrected chi connectivity index (χ0v) is 20.1. The number of hydrogen-bond acceptors (Lipinski definition) is 6. The molecule has 33 heavy (non-hydrogen) atoms. The van der Waals surface area contributed by atoms with Crippen molar-refractivity contribution < 1.29 is 8.42 Å². The van der Waals surface area contributed by atoms with Gasteiger partial charge in [0.2, 0.25) is 16.0 Å². The highest BCUT2D eigenvalue weighted by Crippen LogP contribution is 2.29. The Labute approximate surface area is 200 Å². The second kappa shape index (κ2) is 9.44. The molecule has 0 spiro atoms. The van der Waals surface area contributed by atoms with E-state index in [1.165, 1.54) is 30.0 Å². The topological polar surface area (TPSA) is 69.6 Å². The first-order valence-electron chi connectivity index (χ1n) is 11.5. The number of nitrogens with zero attached hydrogens (tertiary/aromatic N) is 5. The summed E-state index contributed by atoms with van der Waals surface area (Å²) in [5.74, 6) is 1.67. The van der Waals surface area contributed by atoms with Gasteiger partial charge in [-0.15, -0.1) is 0 Å². The number of anilines is 2. The van der Waals surface area contributed by atoms with E-state index < -0.39 is 10.0 Å². The Hall–Kier alpha value is -2.42. The van der Waals surface area contributed by atoms with Gasteiger partial charge in [0.15, 0.2) is 0 Å². The second-order valence-corrected chi connectivity index (χ2v) is 11.0. The molecule has 2 aliphatic rings. The molecule has 2 aliphatic heterocycles. The second-order valence-electron chi connectivity index (χ2n) is 8.61. The number of halogens is 1. The molecule has 3 aromatic rings. The monoisotopic (exact) mass is 485 g/mol. The Morgan fingerprint density at radius 2 is 1.39 bits per heavy atom. The molecule has 174 valence electrons. The van der Waals surface area contributed by atoms with Crippen molar-refractivity contribution in [3.05, 3.63) is 53.6 Å². The predicted molar refractivity (Wildman–Crippen MR) is 133 cm³/mol. The maximum atomic E-state index is 13.0. The standard InChI is InChI=1S/C24H28ClN5O2S/c25-19-9-11-20(12-10-19)33(31,32)30-17-15-29(16-18-30)24-26-22-8-4-3-7-21(22)23(27-24)28-13-5-1-2-6-14-28/h3-4,7-12H,1-2,5-6,13-18H2. The lowest BCUT2D eigenvalue weighted by molar-refractivity contribution is 0.382. The molecule has 2 aromatic carbocycles. The minimum absolute atomic E-state index is 0.269. The van der Waals surface area contributed by atoms with Crippen LogP contribution in [-0.2, 0) is 10.0 Å². The van der Waals surface area contributed by atoms with E-state index in [1.54, 1.807) is 24.3 Å². The molecule has 2 saturated heterocycles. The van der Waals surface area contributed by atoms with Crippen LogP contribution < -0.4 is 9.80 Å². The fraction of sp³-hybridized carbons (Fsp3) is 0.417. The van der Waals surface area contributed by atoms with Crippen LogP contribution in [0.25, 0.3) is 10.9 Å².